The SMILES string of the molecule is C[C@H]1CC2(CCN1C(=O)OC(C)(C)C)OCCc1sc(C(F)(F)F)cc12. The van der Waals surface area contributed by atoms with Gasteiger partial charge < -0.3 is 14.4 Å². The van der Waals surface area contributed by atoms with Gasteiger partial charge in [0.1, 0.15) is 10.5 Å². The summed E-state index contributed by atoms with van der Waals surface area (Å²) in [5.41, 5.74) is -0.683. The van der Waals surface area contributed by atoms with E-state index in [1.165, 1.54) is 6.07 Å². The van der Waals surface area contributed by atoms with E-state index < -0.39 is 28.3 Å². The molecule has 26 heavy (non-hydrogen) atoms. The highest BCUT2D eigenvalue weighted by atomic mass is 32.1. The van der Waals surface area contributed by atoms with Crippen molar-refractivity contribution in [3.8, 4) is 0 Å². The fraction of sp³-hybridized carbons (Fsp3) is 0.722. The molecular weight excluding hydrogens is 367 g/mol. The Labute approximate surface area is 155 Å². The van der Waals surface area contributed by atoms with Crippen LogP contribution in [0.15, 0.2) is 6.07 Å². The quantitative estimate of drug-likeness (QED) is 0.628. The number of rotatable bonds is 0. The first kappa shape index (κ1) is 19.5. The van der Waals surface area contributed by atoms with Crippen LogP contribution in [0.1, 0.15) is 55.9 Å². The predicted molar refractivity (Wildman–Crippen MR) is 92.3 cm³/mol. The Morgan fingerprint density at radius 1 is 1.38 bits per heavy atom. The van der Waals surface area contributed by atoms with Crippen LogP contribution in [-0.2, 0) is 27.7 Å². The van der Waals surface area contributed by atoms with E-state index in [4.69, 9.17) is 9.47 Å². The van der Waals surface area contributed by atoms with E-state index in [0.717, 1.165) is 16.2 Å². The van der Waals surface area contributed by atoms with Crippen LogP contribution in [0.2, 0.25) is 0 Å². The monoisotopic (exact) mass is 391 g/mol. The van der Waals surface area contributed by atoms with E-state index >= 15 is 0 Å². The third-order valence-corrected chi connectivity index (χ3v) is 6.07. The average Bonchev–Trinajstić information content (AvgIpc) is 2.91. The smallest absolute Gasteiger partial charge is 0.425 e. The number of thiophene rings is 1. The van der Waals surface area contributed by atoms with Gasteiger partial charge in [0.2, 0.25) is 0 Å². The third kappa shape index (κ3) is 3.71. The molecule has 1 unspecified atom stereocenters. The van der Waals surface area contributed by atoms with E-state index in [1.807, 2.05) is 27.7 Å². The fourth-order valence-electron chi connectivity index (χ4n) is 3.74. The van der Waals surface area contributed by atoms with Crippen molar-refractivity contribution in [2.24, 2.45) is 0 Å². The molecule has 0 radical (unpaired) electrons. The van der Waals surface area contributed by atoms with Crippen LogP contribution in [0.5, 0.6) is 0 Å². The van der Waals surface area contributed by atoms with Gasteiger partial charge in [0.25, 0.3) is 0 Å². The molecule has 1 saturated heterocycles. The number of carbonyl (C=O) groups is 1. The third-order valence-electron chi connectivity index (χ3n) is 4.83. The zero-order valence-corrected chi connectivity index (χ0v) is 16.2. The Balaban J connectivity index is 1.82. The Kier molecular flexibility index (Phi) is 4.80. The predicted octanol–water partition coefficient (Wildman–Crippen LogP) is 4.95. The van der Waals surface area contributed by atoms with Gasteiger partial charge >= 0.3 is 12.3 Å². The largest absolute Gasteiger partial charge is 0.444 e. The number of likely N-dealkylation sites (tertiary alicyclic amines) is 1. The minimum atomic E-state index is -4.34. The van der Waals surface area contributed by atoms with Crippen molar-refractivity contribution in [1.29, 1.82) is 0 Å². The molecule has 0 bridgehead atoms. The van der Waals surface area contributed by atoms with Crippen LogP contribution in [0, 0.1) is 0 Å². The van der Waals surface area contributed by atoms with Crippen molar-refractivity contribution in [3.63, 3.8) is 0 Å². The molecule has 2 atom stereocenters. The zero-order valence-electron chi connectivity index (χ0n) is 15.4. The first-order valence-electron chi connectivity index (χ1n) is 8.75. The maximum Gasteiger partial charge on any atom is 0.425 e. The van der Waals surface area contributed by atoms with Crippen molar-refractivity contribution in [1.82, 2.24) is 4.90 Å². The first-order chi connectivity index (χ1) is 11.9. The number of alkyl halides is 3. The average molecular weight is 391 g/mol. The number of nitrogens with zero attached hydrogens (tertiary/aromatic N) is 1. The summed E-state index contributed by atoms with van der Waals surface area (Å²) >= 11 is 0.816. The standard InChI is InChI=1S/C18H24F3NO3S/c1-11-10-17(6-7-22(11)15(23)25-16(2,3)4)12-9-14(18(19,20)21)26-13(12)5-8-24-17/h9,11H,5-8,10H2,1-4H3/t11-,17?/m0/s1. The van der Waals surface area contributed by atoms with Gasteiger partial charge in [-0.2, -0.15) is 13.2 Å². The molecule has 3 heterocycles. The van der Waals surface area contributed by atoms with Gasteiger partial charge in [-0.15, -0.1) is 11.3 Å². The van der Waals surface area contributed by atoms with Crippen molar-refractivity contribution in [2.75, 3.05) is 13.2 Å². The lowest BCUT2D eigenvalue weighted by atomic mass is 9.79. The van der Waals surface area contributed by atoms with E-state index in [-0.39, 0.29) is 6.04 Å². The molecule has 0 N–H and O–H groups in total. The number of ether oxygens (including phenoxy) is 2. The topological polar surface area (TPSA) is 38.8 Å². The lowest BCUT2D eigenvalue weighted by Gasteiger charge is -2.47. The lowest BCUT2D eigenvalue weighted by Crippen LogP contribution is -2.53. The van der Waals surface area contributed by atoms with Gasteiger partial charge in [-0.3, -0.25) is 0 Å². The molecule has 0 saturated carbocycles. The Hall–Kier alpha value is -1.28. The molecule has 1 spiro atoms. The van der Waals surface area contributed by atoms with Crippen molar-refractivity contribution in [3.05, 3.63) is 21.4 Å². The minimum Gasteiger partial charge on any atom is -0.444 e. The summed E-state index contributed by atoms with van der Waals surface area (Å²) in [6.07, 6.45) is -3.30. The molecule has 0 aliphatic carbocycles. The van der Waals surface area contributed by atoms with Crippen LogP contribution < -0.4 is 0 Å². The molecule has 146 valence electrons. The number of amides is 1. The number of halogens is 3. The normalized spacial score (nSPS) is 26.7. The molecule has 8 heteroatoms. The van der Waals surface area contributed by atoms with Gasteiger partial charge in [-0.25, -0.2) is 4.79 Å². The summed E-state index contributed by atoms with van der Waals surface area (Å²) in [5, 5.41) is 0. The molecule has 4 nitrogen and oxygen atoms in total. The molecule has 1 amide bonds. The second-order valence-corrected chi connectivity index (χ2v) is 9.15. The molecular formula is C18H24F3NO3S. The summed E-state index contributed by atoms with van der Waals surface area (Å²) in [5.74, 6) is 0. The molecule has 0 aromatic carbocycles. The highest BCUT2D eigenvalue weighted by molar-refractivity contribution is 7.12. The van der Waals surface area contributed by atoms with Crippen LogP contribution in [0.4, 0.5) is 18.0 Å². The van der Waals surface area contributed by atoms with E-state index in [9.17, 15) is 18.0 Å². The summed E-state index contributed by atoms with van der Waals surface area (Å²) in [4.78, 5) is 14.2. The molecule has 1 fully saturated rings. The molecule has 2 aliphatic rings. The number of carbonyl (C=O) groups excluding carboxylic acids is 1. The fourth-order valence-corrected chi connectivity index (χ4v) is 4.83. The molecule has 3 rings (SSSR count). The summed E-state index contributed by atoms with van der Waals surface area (Å²) in [6.45, 7) is 8.11. The Bertz CT molecular complexity index is 695. The minimum absolute atomic E-state index is 0.182. The van der Waals surface area contributed by atoms with Crippen LogP contribution in [0.3, 0.4) is 0 Å². The Morgan fingerprint density at radius 2 is 2.08 bits per heavy atom. The number of hydrogen-bond donors (Lipinski definition) is 0. The van der Waals surface area contributed by atoms with Gasteiger partial charge in [0, 0.05) is 30.3 Å². The van der Waals surface area contributed by atoms with Gasteiger partial charge in [0.05, 0.1) is 12.2 Å². The summed E-state index contributed by atoms with van der Waals surface area (Å²) in [6, 6.07) is 1.06. The first-order valence-corrected chi connectivity index (χ1v) is 9.57. The van der Waals surface area contributed by atoms with E-state index in [1.54, 1.807) is 4.90 Å². The summed E-state index contributed by atoms with van der Waals surface area (Å²) < 4.78 is 50.9. The Morgan fingerprint density at radius 3 is 2.65 bits per heavy atom. The number of fused-ring (bicyclic) bond motifs is 2. The van der Waals surface area contributed by atoms with Gasteiger partial charge in [-0.1, -0.05) is 0 Å². The maximum absolute atomic E-state index is 13.1. The van der Waals surface area contributed by atoms with E-state index in [2.05, 4.69) is 0 Å². The second-order valence-electron chi connectivity index (χ2n) is 8.01. The number of piperidine rings is 1. The van der Waals surface area contributed by atoms with Crippen LogP contribution in [-0.4, -0.2) is 35.8 Å². The van der Waals surface area contributed by atoms with Crippen molar-refractivity contribution >= 4 is 17.4 Å². The van der Waals surface area contributed by atoms with Crippen LogP contribution >= 0.6 is 11.3 Å². The van der Waals surface area contributed by atoms with E-state index in [0.29, 0.717) is 38.0 Å². The van der Waals surface area contributed by atoms with Crippen molar-refractivity contribution < 1.29 is 27.4 Å². The second kappa shape index (κ2) is 6.41. The maximum atomic E-state index is 13.1. The van der Waals surface area contributed by atoms with Gasteiger partial charge in [-0.05, 0) is 45.7 Å². The van der Waals surface area contributed by atoms with Gasteiger partial charge in [0.15, 0.2) is 0 Å². The lowest BCUT2D eigenvalue weighted by molar-refractivity contribution is -0.134. The number of hydrogen-bond acceptors (Lipinski definition) is 4. The summed E-state index contributed by atoms with van der Waals surface area (Å²) in [7, 11) is 0. The highest BCUT2D eigenvalue weighted by Gasteiger charge is 2.47. The molecule has 1 aromatic heterocycles. The molecule has 2 aliphatic heterocycles. The van der Waals surface area contributed by atoms with Crippen molar-refractivity contribution in [2.45, 2.75) is 70.4 Å². The zero-order chi connectivity index (χ0) is 19.3. The molecule has 1 aromatic rings. The van der Waals surface area contributed by atoms with Crippen LogP contribution in [0.25, 0.3) is 0 Å². The highest BCUT2D eigenvalue weighted by Crippen LogP contribution is 2.48.